The van der Waals surface area contributed by atoms with Crippen molar-refractivity contribution >= 4 is 17.9 Å². The average molecular weight is 873 g/mol. The molecular weight excluding hydrogens is 769 g/mol. The van der Waals surface area contributed by atoms with Crippen LogP contribution in [-0.2, 0) is 28.6 Å². The molecule has 6 heteroatoms. The highest BCUT2D eigenvalue weighted by molar-refractivity contribution is 5.71. The Balaban J connectivity index is 4.14. The number of carbonyl (C=O) groups is 3. The van der Waals surface area contributed by atoms with Crippen LogP contribution in [0, 0.1) is 0 Å². The van der Waals surface area contributed by atoms with Crippen molar-refractivity contribution in [1.82, 2.24) is 0 Å². The van der Waals surface area contributed by atoms with Crippen LogP contribution in [0.15, 0.2) is 24.3 Å². The molecule has 0 radical (unpaired) electrons. The molecule has 0 aliphatic carbocycles. The highest BCUT2D eigenvalue weighted by Crippen LogP contribution is 2.16. The molecule has 0 bridgehead atoms. The fraction of sp³-hybridized carbons (Fsp3) is 0.875. The lowest BCUT2D eigenvalue weighted by Gasteiger charge is -2.18. The number of unbranched alkanes of at least 4 members (excludes halogenated alkanes) is 35. The zero-order valence-electron chi connectivity index (χ0n) is 41.7. The number of allylic oxidation sites excluding steroid dienone is 4. The van der Waals surface area contributed by atoms with Crippen molar-refractivity contribution in [2.24, 2.45) is 0 Å². The first kappa shape index (κ1) is 59.9. The molecule has 1 unspecified atom stereocenters. The lowest BCUT2D eigenvalue weighted by molar-refractivity contribution is -0.167. The van der Waals surface area contributed by atoms with E-state index in [0.717, 1.165) is 64.2 Å². The monoisotopic (exact) mass is 873 g/mol. The Kier molecular flexibility index (Phi) is 49.8. The van der Waals surface area contributed by atoms with Crippen LogP contribution in [0.2, 0.25) is 0 Å². The van der Waals surface area contributed by atoms with Crippen LogP contribution in [0.1, 0.15) is 297 Å². The zero-order valence-corrected chi connectivity index (χ0v) is 41.7. The Bertz CT molecular complexity index is 1000. The molecule has 0 spiro atoms. The van der Waals surface area contributed by atoms with Gasteiger partial charge in [0.1, 0.15) is 13.2 Å². The lowest BCUT2D eigenvalue weighted by Crippen LogP contribution is -2.30. The molecule has 0 aromatic heterocycles. The SMILES string of the molecule is CCCCCCC/C=C\CCCCCCCC(=O)OC(COC(=O)CCCCCCCCC)COC(=O)CCCCCCCCCCCCC/C=C\CCCCCCCCCC. The zero-order chi connectivity index (χ0) is 45.1. The molecule has 1 atom stereocenters. The molecular formula is C56H104O6. The maximum absolute atomic E-state index is 12.8. The fourth-order valence-electron chi connectivity index (χ4n) is 8.02. The molecule has 0 aromatic rings. The highest BCUT2D eigenvalue weighted by Gasteiger charge is 2.19. The van der Waals surface area contributed by atoms with E-state index in [0.29, 0.717) is 19.3 Å². The summed E-state index contributed by atoms with van der Waals surface area (Å²) in [5.41, 5.74) is 0. The normalized spacial score (nSPS) is 12.1. The first-order valence-electron chi connectivity index (χ1n) is 27.3. The Morgan fingerprint density at radius 3 is 0.806 bits per heavy atom. The van der Waals surface area contributed by atoms with Gasteiger partial charge >= 0.3 is 17.9 Å². The number of carbonyl (C=O) groups excluding carboxylic acids is 3. The molecule has 0 fully saturated rings. The van der Waals surface area contributed by atoms with Crippen LogP contribution >= 0.6 is 0 Å². The van der Waals surface area contributed by atoms with Gasteiger partial charge in [0.2, 0.25) is 0 Å². The predicted octanol–water partition coefficient (Wildman–Crippen LogP) is 17.9. The van der Waals surface area contributed by atoms with Gasteiger partial charge in [-0.1, -0.05) is 231 Å². The molecule has 0 amide bonds. The molecule has 364 valence electrons. The summed E-state index contributed by atoms with van der Waals surface area (Å²) in [5.74, 6) is -0.875. The van der Waals surface area contributed by atoms with Crippen LogP contribution in [0.5, 0.6) is 0 Å². The van der Waals surface area contributed by atoms with E-state index in [9.17, 15) is 14.4 Å². The summed E-state index contributed by atoms with van der Waals surface area (Å²) in [5, 5.41) is 0. The van der Waals surface area contributed by atoms with E-state index in [4.69, 9.17) is 14.2 Å². The van der Waals surface area contributed by atoms with Crippen LogP contribution in [-0.4, -0.2) is 37.2 Å². The van der Waals surface area contributed by atoms with E-state index in [1.165, 1.54) is 193 Å². The summed E-state index contributed by atoms with van der Waals surface area (Å²) in [7, 11) is 0. The molecule has 0 saturated carbocycles. The summed E-state index contributed by atoms with van der Waals surface area (Å²) in [4.78, 5) is 37.8. The number of ether oxygens (including phenoxy) is 3. The molecule has 0 N–H and O–H groups in total. The van der Waals surface area contributed by atoms with Crippen LogP contribution in [0.4, 0.5) is 0 Å². The Hall–Kier alpha value is -2.11. The largest absolute Gasteiger partial charge is 0.462 e. The van der Waals surface area contributed by atoms with Gasteiger partial charge in [0.15, 0.2) is 6.10 Å². The van der Waals surface area contributed by atoms with E-state index >= 15 is 0 Å². The number of hydrogen-bond acceptors (Lipinski definition) is 6. The van der Waals surface area contributed by atoms with E-state index in [-0.39, 0.29) is 31.1 Å². The minimum absolute atomic E-state index is 0.0718. The van der Waals surface area contributed by atoms with Crippen molar-refractivity contribution in [1.29, 1.82) is 0 Å². The molecule has 0 aromatic carbocycles. The number of esters is 3. The molecule has 0 aliphatic rings. The number of rotatable bonds is 50. The maximum atomic E-state index is 12.8. The van der Waals surface area contributed by atoms with Crippen LogP contribution in [0.25, 0.3) is 0 Å². The lowest BCUT2D eigenvalue weighted by atomic mass is 10.0. The summed E-state index contributed by atoms with van der Waals surface area (Å²) >= 11 is 0. The molecule has 0 rings (SSSR count). The first-order chi connectivity index (χ1) is 30.5. The molecule has 62 heavy (non-hydrogen) atoms. The summed E-state index contributed by atoms with van der Waals surface area (Å²) < 4.78 is 16.7. The third-order valence-corrected chi connectivity index (χ3v) is 12.2. The quantitative estimate of drug-likeness (QED) is 0.0262. The van der Waals surface area contributed by atoms with Crippen LogP contribution in [0.3, 0.4) is 0 Å². The maximum Gasteiger partial charge on any atom is 0.306 e. The first-order valence-corrected chi connectivity index (χ1v) is 27.3. The van der Waals surface area contributed by atoms with Crippen molar-refractivity contribution in [3.05, 3.63) is 24.3 Å². The average Bonchev–Trinajstić information content (AvgIpc) is 3.27. The van der Waals surface area contributed by atoms with Crippen molar-refractivity contribution in [2.75, 3.05) is 13.2 Å². The minimum Gasteiger partial charge on any atom is -0.462 e. The molecule has 6 nitrogen and oxygen atoms in total. The third kappa shape index (κ3) is 48.9. The summed E-state index contributed by atoms with van der Waals surface area (Å²) in [6.07, 6.45) is 59.0. The highest BCUT2D eigenvalue weighted by atomic mass is 16.6. The van der Waals surface area contributed by atoms with Gasteiger partial charge in [-0.3, -0.25) is 14.4 Å². The predicted molar refractivity (Wildman–Crippen MR) is 266 cm³/mol. The van der Waals surface area contributed by atoms with Gasteiger partial charge in [0, 0.05) is 19.3 Å². The topological polar surface area (TPSA) is 78.9 Å². The van der Waals surface area contributed by atoms with E-state index in [1.54, 1.807) is 0 Å². The Labute approximate surface area is 385 Å². The Morgan fingerprint density at radius 2 is 0.532 bits per heavy atom. The van der Waals surface area contributed by atoms with E-state index in [1.807, 2.05) is 0 Å². The van der Waals surface area contributed by atoms with Crippen molar-refractivity contribution in [2.45, 2.75) is 303 Å². The van der Waals surface area contributed by atoms with E-state index in [2.05, 4.69) is 45.1 Å². The molecule has 0 saturated heterocycles. The van der Waals surface area contributed by atoms with Gasteiger partial charge in [-0.25, -0.2) is 0 Å². The van der Waals surface area contributed by atoms with Crippen molar-refractivity contribution in [3.8, 4) is 0 Å². The molecule has 0 heterocycles. The van der Waals surface area contributed by atoms with Crippen molar-refractivity contribution < 1.29 is 28.6 Å². The van der Waals surface area contributed by atoms with Gasteiger partial charge in [0.05, 0.1) is 0 Å². The van der Waals surface area contributed by atoms with Crippen LogP contribution < -0.4 is 0 Å². The summed E-state index contributed by atoms with van der Waals surface area (Å²) in [6.45, 7) is 6.61. The van der Waals surface area contributed by atoms with E-state index < -0.39 is 6.10 Å². The minimum atomic E-state index is -0.769. The second-order valence-electron chi connectivity index (χ2n) is 18.5. The third-order valence-electron chi connectivity index (χ3n) is 12.2. The Morgan fingerprint density at radius 1 is 0.306 bits per heavy atom. The van der Waals surface area contributed by atoms with Gasteiger partial charge in [-0.05, 0) is 70.6 Å². The number of hydrogen-bond donors (Lipinski definition) is 0. The van der Waals surface area contributed by atoms with Crippen molar-refractivity contribution in [3.63, 3.8) is 0 Å². The summed E-state index contributed by atoms with van der Waals surface area (Å²) in [6, 6.07) is 0. The standard InChI is InChI=1S/C56H104O6/c1-4-7-10-13-16-18-20-22-24-25-26-27-28-29-30-31-32-34-35-37-40-43-46-49-55(58)61-52-53(51-60-54(57)48-45-42-39-15-12-9-6-3)62-56(59)50-47-44-41-38-36-33-23-21-19-17-14-11-8-5-2/h21,23,25-26,53H,4-20,22,24,27-52H2,1-3H3/b23-21-,26-25-. The second-order valence-corrected chi connectivity index (χ2v) is 18.5. The van der Waals surface area contributed by atoms with Gasteiger partial charge in [-0.15, -0.1) is 0 Å². The molecule has 0 aliphatic heterocycles. The van der Waals surface area contributed by atoms with Gasteiger partial charge in [0.25, 0.3) is 0 Å². The van der Waals surface area contributed by atoms with Gasteiger partial charge < -0.3 is 14.2 Å². The fourth-order valence-corrected chi connectivity index (χ4v) is 8.02. The van der Waals surface area contributed by atoms with Gasteiger partial charge in [-0.2, -0.15) is 0 Å². The smallest absolute Gasteiger partial charge is 0.306 e. The second kappa shape index (κ2) is 51.5.